The highest BCUT2D eigenvalue weighted by Gasteiger charge is 2.38. The summed E-state index contributed by atoms with van der Waals surface area (Å²) in [6, 6.07) is 3.24. The van der Waals surface area contributed by atoms with Gasteiger partial charge in [-0.1, -0.05) is 6.07 Å². The second-order valence-electron chi connectivity index (χ2n) is 8.67. The molecular formula is C23H17F5N8O. The summed E-state index contributed by atoms with van der Waals surface area (Å²) >= 11 is 0. The Labute approximate surface area is 205 Å². The molecule has 0 unspecified atom stereocenters. The second kappa shape index (κ2) is 8.99. The third kappa shape index (κ3) is 4.30. The van der Waals surface area contributed by atoms with E-state index in [1.54, 1.807) is 6.92 Å². The van der Waals surface area contributed by atoms with E-state index < -0.39 is 29.9 Å². The fourth-order valence-corrected chi connectivity index (χ4v) is 4.34. The molecule has 0 radical (unpaired) electrons. The standard InChI is InChI=1S/C23H17F5N8O/c1-10(11-2-5-16(30-7-11)23(26,27)28)36-21-17(15(6-29)35-36)22(37)34-20(33-21)14-4-3-13(14)19-31-8-12(9-32-19)18(24)25/h2,5,7-10,13-14,18H,3-4H2,1H3,(H,33,34,37)/t10-,13+,14-/m0/s1. The van der Waals surface area contributed by atoms with E-state index in [0.29, 0.717) is 30.1 Å². The minimum atomic E-state index is -4.60. The Kier molecular flexibility index (Phi) is 5.93. The summed E-state index contributed by atoms with van der Waals surface area (Å²) in [5.41, 5.74) is -1.68. The molecule has 4 aromatic rings. The average molecular weight is 516 g/mol. The number of halogens is 5. The van der Waals surface area contributed by atoms with E-state index in [0.717, 1.165) is 24.7 Å². The van der Waals surface area contributed by atoms with Crippen molar-refractivity contribution < 1.29 is 22.0 Å². The predicted molar refractivity (Wildman–Crippen MR) is 118 cm³/mol. The van der Waals surface area contributed by atoms with Crippen molar-refractivity contribution in [3.63, 3.8) is 0 Å². The molecule has 0 bridgehead atoms. The topological polar surface area (TPSA) is 126 Å². The van der Waals surface area contributed by atoms with Gasteiger partial charge in [0.05, 0.1) is 11.6 Å². The molecule has 1 N–H and O–H groups in total. The van der Waals surface area contributed by atoms with Crippen LogP contribution in [0.3, 0.4) is 0 Å². The Bertz CT molecular complexity index is 1550. The van der Waals surface area contributed by atoms with E-state index in [1.807, 2.05) is 6.07 Å². The van der Waals surface area contributed by atoms with Crippen LogP contribution in [0.1, 0.15) is 78.2 Å². The Balaban J connectivity index is 1.53. The quantitative estimate of drug-likeness (QED) is 0.390. The van der Waals surface area contributed by atoms with Gasteiger partial charge in [-0.25, -0.2) is 28.4 Å². The second-order valence-corrected chi connectivity index (χ2v) is 8.67. The van der Waals surface area contributed by atoms with Crippen LogP contribution < -0.4 is 5.56 Å². The lowest BCUT2D eigenvalue weighted by molar-refractivity contribution is -0.141. The maximum absolute atomic E-state index is 13.0. The molecule has 1 aliphatic rings. The molecule has 37 heavy (non-hydrogen) atoms. The highest BCUT2D eigenvalue weighted by molar-refractivity contribution is 5.80. The lowest BCUT2D eigenvalue weighted by Crippen LogP contribution is -2.28. The molecule has 0 amide bonds. The molecule has 14 heteroatoms. The van der Waals surface area contributed by atoms with Crippen LogP contribution >= 0.6 is 0 Å². The lowest BCUT2D eigenvalue weighted by Gasteiger charge is -2.34. The Morgan fingerprint density at radius 3 is 2.30 bits per heavy atom. The van der Waals surface area contributed by atoms with Crippen molar-refractivity contribution in [3.05, 3.63) is 75.2 Å². The number of nitrogens with one attached hydrogen (secondary N) is 1. The molecule has 0 aromatic carbocycles. The monoisotopic (exact) mass is 516 g/mol. The van der Waals surface area contributed by atoms with Crippen molar-refractivity contribution >= 4 is 11.0 Å². The number of hydrogen-bond acceptors (Lipinski definition) is 7. The predicted octanol–water partition coefficient (Wildman–Crippen LogP) is 4.40. The summed E-state index contributed by atoms with van der Waals surface area (Å²) in [6.07, 6.45) is -2.83. The van der Waals surface area contributed by atoms with Crippen LogP contribution in [-0.2, 0) is 6.18 Å². The van der Waals surface area contributed by atoms with Crippen molar-refractivity contribution in [2.75, 3.05) is 0 Å². The van der Waals surface area contributed by atoms with Crippen molar-refractivity contribution in [1.82, 2.24) is 34.7 Å². The molecule has 4 heterocycles. The van der Waals surface area contributed by atoms with E-state index in [4.69, 9.17) is 0 Å². The maximum Gasteiger partial charge on any atom is 0.433 e. The van der Waals surface area contributed by atoms with E-state index in [2.05, 4.69) is 30.0 Å². The van der Waals surface area contributed by atoms with E-state index in [1.165, 1.54) is 10.7 Å². The van der Waals surface area contributed by atoms with Gasteiger partial charge >= 0.3 is 6.18 Å². The number of hydrogen-bond donors (Lipinski definition) is 1. The third-order valence-corrected chi connectivity index (χ3v) is 6.51. The molecule has 1 aliphatic carbocycles. The Morgan fingerprint density at radius 2 is 1.76 bits per heavy atom. The first-order valence-corrected chi connectivity index (χ1v) is 11.1. The first-order valence-electron chi connectivity index (χ1n) is 11.1. The van der Waals surface area contributed by atoms with Crippen molar-refractivity contribution in [2.45, 2.75) is 50.2 Å². The zero-order valence-corrected chi connectivity index (χ0v) is 19.0. The van der Waals surface area contributed by atoms with Gasteiger partial charge in [-0.05, 0) is 31.4 Å². The minimum Gasteiger partial charge on any atom is -0.310 e. The summed E-state index contributed by atoms with van der Waals surface area (Å²) in [6.45, 7) is 1.63. The fraction of sp³-hybridized carbons (Fsp3) is 0.348. The van der Waals surface area contributed by atoms with Crippen LogP contribution in [0.5, 0.6) is 0 Å². The molecule has 0 saturated heterocycles. The van der Waals surface area contributed by atoms with Gasteiger partial charge in [-0.15, -0.1) is 0 Å². The van der Waals surface area contributed by atoms with Crippen molar-refractivity contribution in [2.24, 2.45) is 0 Å². The summed E-state index contributed by atoms with van der Waals surface area (Å²) in [5.74, 6) is 0.0552. The molecule has 190 valence electrons. The Hall–Kier alpha value is -4.28. The van der Waals surface area contributed by atoms with Crippen molar-refractivity contribution in [1.29, 1.82) is 5.26 Å². The van der Waals surface area contributed by atoms with Crippen LogP contribution in [0.2, 0.25) is 0 Å². The number of nitriles is 1. The van der Waals surface area contributed by atoms with E-state index in [-0.39, 0.29) is 34.1 Å². The lowest BCUT2D eigenvalue weighted by atomic mass is 9.72. The summed E-state index contributed by atoms with van der Waals surface area (Å²) < 4.78 is 65.7. The van der Waals surface area contributed by atoms with Crippen LogP contribution in [0.4, 0.5) is 22.0 Å². The van der Waals surface area contributed by atoms with Gasteiger partial charge in [-0.3, -0.25) is 9.78 Å². The summed E-state index contributed by atoms with van der Waals surface area (Å²) in [5, 5.41) is 13.7. The molecular weight excluding hydrogens is 499 g/mol. The number of H-pyrrole nitrogens is 1. The number of fused-ring (bicyclic) bond motifs is 1. The normalized spacial score (nSPS) is 18.5. The zero-order chi connectivity index (χ0) is 26.5. The van der Waals surface area contributed by atoms with Crippen LogP contribution in [0.25, 0.3) is 11.0 Å². The van der Waals surface area contributed by atoms with Crippen LogP contribution in [-0.4, -0.2) is 34.7 Å². The SMILES string of the molecule is C[C@@H](c1ccc(C(F)(F)F)nc1)n1nc(C#N)c2c(=O)[nH]c([C@H]3CC[C@H]3c3ncc(C(F)F)cn3)nc21. The highest BCUT2D eigenvalue weighted by Crippen LogP contribution is 2.46. The van der Waals surface area contributed by atoms with Gasteiger partial charge in [0.2, 0.25) is 0 Å². The zero-order valence-electron chi connectivity index (χ0n) is 19.0. The largest absolute Gasteiger partial charge is 0.433 e. The van der Waals surface area contributed by atoms with Gasteiger partial charge in [0.15, 0.2) is 11.3 Å². The maximum atomic E-state index is 13.0. The number of aromatic amines is 1. The molecule has 0 aliphatic heterocycles. The highest BCUT2D eigenvalue weighted by atomic mass is 19.4. The van der Waals surface area contributed by atoms with Gasteiger partial charge in [-0.2, -0.15) is 23.5 Å². The molecule has 9 nitrogen and oxygen atoms in total. The number of alkyl halides is 5. The summed E-state index contributed by atoms with van der Waals surface area (Å²) in [4.78, 5) is 31.8. The van der Waals surface area contributed by atoms with E-state index >= 15 is 0 Å². The van der Waals surface area contributed by atoms with Crippen LogP contribution in [0, 0.1) is 11.3 Å². The van der Waals surface area contributed by atoms with E-state index in [9.17, 15) is 32.0 Å². The number of nitrogens with zero attached hydrogens (tertiary/aromatic N) is 7. The van der Waals surface area contributed by atoms with Gasteiger partial charge in [0.1, 0.15) is 28.8 Å². The number of rotatable bonds is 5. The smallest absolute Gasteiger partial charge is 0.310 e. The molecule has 1 fully saturated rings. The van der Waals surface area contributed by atoms with Crippen LogP contribution in [0.15, 0.2) is 35.5 Å². The molecule has 0 spiro atoms. The first-order chi connectivity index (χ1) is 17.6. The third-order valence-electron chi connectivity index (χ3n) is 6.51. The molecule has 5 rings (SSSR count). The number of pyridine rings is 1. The van der Waals surface area contributed by atoms with Gasteiger partial charge < -0.3 is 4.98 Å². The number of aromatic nitrogens is 7. The fourth-order valence-electron chi connectivity index (χ4n) is 4.34. The first kappa shape index (κ1) is 24.4. The minimum absolute atomic E-state index is 0.0496. The molecule has 4 aromatic heterocycles. The molecule has 3 atom stereocenters. The Morgan fingerprint density at radius 1 is 1.08 bits per heavy atom. The average Bonchev–Trinajstić information content (AvgIpc) is 3.22. The van der Waals surface area contributed by atoms with Gasteiger partial charge in [0, 0.05) is 30.4 Å². The summed E-state index contributed by atoms with van der Waals surface area (Å²) in [7, 11) is 0. The van der Waals surface area contributed by atoms with Crippen molar-refractivity contribution in [3.8, 4) is 6.07 Å². The molecule has 1 saturated carbocycles. The van der Waals surface area contributed by atoms with Gasteiger partial charge in [0.25, 0.3) is 12.0 Å².